The largest absolute Gasteiger partial charge is 0.341 e. The topological polar surface area (TPSA) is 116 Å². The van der Waals surface area contributed by atoms with E-state index in [9.17, 15) is 14.4 Å². The molecule has 0 bridgehead atoms. The molecular formula is C21H27N5O3. The van der Waals surface area contributed by atoms with Crippen LogP contribution >= 0.6 is 0 Å². The number of carbonyl (C=O) groups is 3. The lowest BCUT2D eigenvalue weighted by Gasteiger charge is -2.20. The summed E-state index contributed by atoms with van der Waals surface area (Å²) < 4.78 is 1.46. The molecule has 1 atom stereocenters. The maximum atomic E-state index is 12.9. The molecule has 1 aromatic heterocycles. The number of carbonyl (C=O) groups excluding carboxylic acids is 3. The number of amides is 3. The lowest BCUT2D eigenvalue weighted by molar-refractivity contribution is -0.123. The zero-order valence-corrected chi connectivity index (χ0v) is 17.2. The van der Waals surface area contributed by atoms with Crippen molar-refractivity contribution in [3.05, 3.63) is 36.0 Å². The van der Waals surface area contributed by atoms with Crippen molar-refractivity contribution < 1.29 is 14.4 Å². The average Bonchev–Trinajstić information content (AvgIpc) is 3.08. The maximum absolute atomic E-state index is 12.9. The predicted octanol–water partition coefficient (Wildman–Crippen LogP) is 2.39. The van der Waals surface area contributed by atoms with Crippen molar-refractivity contribution in [1.29, 1.82) is 5.26 Å². The molecule has 3 amide bonds. The number of nitriles is 1. The Balaban J connectivity index is 2.29. The summed E-state index contributed by atoms with van der Waals surface area (Å²) in [7, 11) is 0. The Morgan fingerprint density at radius 3 is 2.45 bits per heavy atom. The first kappa shape index (κ1) is 22.0. The Bertz CT molecular complexity index is 939. The fourth-order valence-electron chi connectivity index (χ4n) is 3.05. The van der Waals surface area contributed by atoms with Crippen molar-refractivity contribution >= 4 is 28.7 Å². The third-order valence-electron chi connectivity index (χ3n) is 4.28. The van der Waals surface area contributed by atoms with Gasteiger partial charge in [-0.3, -0.25) is 14.2 Å². The molecule has 0 saturated carbocycles. The van der Waals surface area contributed by atoms with Crippen LogP contribution in [0.1, 0.15) is 44.5 Å². The molecule has 0 aliphatic carbocycles. The number of aromatic nitrogens is 1. The highest BCUT2D eigenvalue weighted by Gasteiger charge is 2.23. The van der Waals surface area contributed by atoms with Crippen molar-refractivity contribution in [2.45, 2.75) is 46.2 Å². The fourth-order valence-corrected chi connectivity index (χ4v) is 3.05. The van der Waals surface area contributed by atoms with Gasteiger partial charge >= 0.3 is 6.03 Å². The Labute approximate surface area is 170 Å². The Morgan fingerprint density at radius 1 is 1.10 bits per heavy atom. The molecule has 3 N–H and O–H groups in total. The van der Waals surface area contributed by atoms with Crippen molar-refractivity contribution in [2.24, 2.45) is 5.92 Å². The zero-order chi connectivity index (χ0) is 21.6. The zero-order valence-electron chi connectivity index (χ0n) is 17.2. The minimum Gasteiger partial charge on any atom is -0.341 e. The van der Waals surface area contributed by atoms with E-state index in [0.717, 1.165) is 0 Å². The third-order valence-corrected chi connectivity index (χ3v) is 4.28. The summed E-state index contributed by atoms with van der Waals surface area (Å²) in [5.74, 6) is -0.630. The number of nitrogens with zero attached hydrogens (tertiary/aromatic N) is 2. The van der Waals surface area contributed by atoms with Crippen LogP contribution in [0.15, 0.2) is 30.5 Å². The first-order valence-electron chi connectivity index (χ1n) is 9.61. The van der Waals surface area contributed by atoms with E-state index < -0.39 is 17.9 Å². The molecule has 2 rings (SSSR count). The molecule has 1 aromatic carbocycles. The van der Waals surface area contributed by atoms with Gasteiger partial charge in [-0.2, -0.15) is 5.26 Å². The summed E-state index contributed by atoms with van der Waals surface area (Å²) in [5, 5.41) is 17.4. The van der Waals surface area contributed by atoms with Crippen LogP contribution in [0.5, 0.6) is 0 Å². The summed E-state index contributed by atoms with van der Waals surface area (Å²) in [6.07, 6.45) is 2.06. The molecule has 0 spiro atoms. The lowest BCUT2D eigenvalue weighted by atomic mass is 10.0. The van der Waals surface area contributed by atoms with Gasteiger partial charge < -0.3 is 16.0 Å². The van der Waals surface area contributed by atoms with Gasteiger partial charge in [-0.05, 0) is 44.4 Å². The Morgan fingerprint density at radius 2 is 1.83 bits per heavy atom. The van der Waals surface area contributed by atoms with E-state index in [0.29, 0.717) is 22.9 Å². The first-order chi connectivity index (χ1) is 13.7. The Hall–Kier alpha value is -3.34. The lowest BCUT2D eigenvalue weighted by Crippen LogP contribution is -2.47. The molecule has 0 saturated heterocycles. The molecule has 0 aliphatic heterocycles. The van der Waals surface area contributed by atoms with Crippen molar-refractivity contribution in [3.8, 4) is 6.07 Å². The molecule has 2 aromatic rings. The maximum Gasteiger partial charge on any atom is 0.326 e. The van der Waals surface area contributed by atoms with E-state index in [-0.39, 0.29) is 24.5 Å². The van der Waals surface area contributed by atoms with Crippen molar-refractivity contribution in [1.82, 2.24) is 20.5 Å². The second-order valence-electron chi connectivity index (χ2n) is 7.56. The van der Waals surface area contributed by atoms with Gasteiger partial charge in [0.15, 0.2) is 0 Å². The van der Waals surface area contributed by atoms with E-state index in [1.54, 1.807) is 30.5 Å². The highest BCUT2D eigenvalue weighted by atomic mass is 16.2. The molecule has 154 valence electrons. The minimum atomic E-state index is -0.752. The Kier molecular flexibility index (Phi) is 7.37. The summed E-state index contributed by atoms with van der Waals surface area (Å²) in [4.78, 5) is 37.6. The summed E-state index contributed by atoms with van der Waals surface area (Å²) in [6.45, 7) is 7.52. The van der Waals surface area contributed by atoms with Crippen molar-refractivity contribution in [3.63, 3.8) is 0 Å². The number of hydrogen-bond donors (Lipinski definition) is 3. The van der Waals surface area contributed by atoms with Gasteiger partial charge in [0.25, 0.3) is 5.91 Å². The van der Waals surface area contributed by atoms with Gasteiger partial charge in [0.2, 0.25) is 5.91 Å². The molecule has 8 nitrogen and oxygen atoms in total. The van der Waals surface area contributed by atoms with Crippen LogP contribution < -0.4 is 16.0 Å². The molecule has 0 aliphatic rings. The molecule has 0 radical (unpaired) electrons. The van der Waals surface area contributed by atoms with Crippen LogP contribution in [0.3, 0.4) is 0 Å². The van der Waals surface area contributed by atoms with Gasteiger partial charge in [-0.25, -0.2) is 4.79 Å². The van der Waals surface area contributed by atoms with Crippen LogP contribution in [-0.4, -0.2) is 41.0 Å². The molecular weight excluding hydrogens is 370 g/mol. The summed E-state index contributed by atoms with van der Waals surface area (Å²) >= 11 is 0. The smallest absolute Gasteiger partial charge is 0.326 e. The van der Waals surface area contributed by atoms with Gasteiger partial charge in [0.05, 0.1) is 11.6 Å². The molecule has 1 unspecified atom stereocenters. The van der Waals surface area contributed by atoms with Crippen LogP contribution in [-0.2, 0) is 4.79 Å². The highest BCUT2D eigenvalue weighted by Crippen LogP contribution is 2.21. The van der Waals surface area contributed by atoms with E-state index in [1.807, 2.05) is 33.8 Å². The molecule has 29 heavy (non-hydrogen) atoms. The van der Waals surface area contributed by atoms with Crippen LogP contribution in [0.4, 0.5) is 4.79 Å². The number of nitrogens with one attached hydrogen (secondary N) is 3. The molecule has 8 heteroatoms. The number of hydrogen-bond acceptors (Lipinski definition) is 4. The molecule has 0 fully saturated rings. The number of fused-ring (bicyclic) bond motifs is 1. The van der Waals surface area contributed by atoms with Gasteiger partial charge in [0, 0.05) is 23.2 Å². The molecule has 1 heterocycles. The standard InChI is InChI=1S/C21H27N5O3/c1-13(2)12-17(20(28)23-10-9-22)25-19(27)16-6-5-7-18-15(16)8-11-26(18)21(29)24-14(3)4/h5-8,11,13-14,17H,10,12H2,1-4H3,(H,23,28)(H,24,29)(H,25,27). The van der Waals surface area contributed by atoms with Gasteiger partial charge in [-0.1, -0.05) is 19.9 Å². The first-order valence-corrected chi connectivity index (χ1v) is 9.61. The average molecular weight is 397 g/mol. The fraction of sp³-hybridized carbons (Fsp3) is 0.429. The van der Waals surface area contributed by atoms with E-state index >= 15 is 0 Å². The quantitative estimate of drug-likeness (QED) is 0.622. The summed E-state index contributed by atoms with van der Waals surface area (Å²) in [6, 6.07) is 7.63. The van der Waals surface area contributed by atoms with Crippen molar-refractivity contribution in [2.75, 3.05) is 6.54 Å². The normalized spacial score (nSPS) is 11.9. The minimum absolute atomic E-state index is 0.0184. The number of rotatable bonds is 7. The van der Waals surface area contributed by atoms with Gasteiger partial charge in [0.1, 0.15) is 12.6 Å². The van der Waals surface area contributed by atoms with Crippen LogP contribution in [0.25, 0.3) is 10.9 Å². The van der Waals surface area contributed by atoms with Crippen LogP contribution in [0, 0.1) is 17.2 Å². The van der Waals surface area contributed by atoms with Crippen LogP contribution in [0.2, 0.25) is 0 Å². The van der Waals surface area contributed by atoms with E-state index in [2.05, 4.69) is 16.0 Å². The number of benzene rings is 1. The third kappa shape index (κ3) is 5.57. The highest BCUT2D eigenvalue weighted by molar-refractivity contribution is 6.09. The van der Waals surface area contributed by atoms with Gasteiger partial charge in [-0.15, -0.1) is 0 Å². The second-order valence-corrected chi connectivity index (χ2v) is 7.56. The van der Waals surface area contributed by atoms with E-state index in [1.165, 1.54) is 4.57 Å². The SMILES string of the molecule is CC(C)CC(NC(=O)c1cccc2c1ccn2C(=O)NC(C)C)C(=O)NCC#N. The monoisotopic (exact) mass is 397 g/mol. The second kappa shape index (κ2) is 9.73. The predicted molar refractivity (Wildman–Crippen MR) is 110 cm³/mol. The van der Waals surface area contributed by atoms with E-state index in [4.69, 9.17) is 5.26 Å². The summed E-state index contributed by atoms with van der Waals surface area (Å²) in [5.41, 5.74) is 0.977.